The predicted molar refractivity (Wildman–Crippen MR) is 98.7 cm³/mol. The maximum atomic E-state index is 12.5. The zero-order chi connectivity index (χ0) is 18.9. The Hall–Kier alpha value is -2.86. The molecule has 0 bridgehead atoms. The summed E-state index contributed by atoms with van der Waals surface area (Å²) >= 11 is 0. The number of esters is 1. The highest BCUT2D eigenvalue weighted by atomic mass is 16.5. The van der Waals surface area contributed by atoms with Crippen LogP contribution in [-0.4, -0.2) is 32.2 Å². The van der Waals surface area contributed by atoms with Crippen LogP contribution < -0.4 is 10.1 Å². The fourth-order valence-corrected chi connectivity index (χ4v) is 2.39. The van der Waals surface area contributed by atoms with Crippen molar-refractivity contribution in [3.63, 3.8) is 0 Å². The zero-order valence-corrected chi connectivity index (χ0v) is 15.2. The molecular formula is C20H23NO5. The number of hydrogen-bond donors (Lipinski definition) is 1. The summed E-state index contributed by atoms with van der Waals surface area (Å²) in [5.74, 6) is 0.0556. The monoisotopic (exact) mass is 357 g/mol. The summed E-state index contributed by atoms with van der Waals surface area (Å²) in [6.45, 7) is 4.86. The second-order valence-electron chi connectivity index (χ2n) is 5.44. The molecule has 0 atom stereocenters. The lowest BCUT2D eigenvalue weighted by Gasteiger charge is -2.12. The van der Waals surface area contributed by atoms with Gasteiger partial charge in [-0.1, -0.05) is 0 Å². The largest absolute Gasteiger partial charge is 0.494 e. The smallest absolute Gasteiger partial charge is 0.338 e. The number of amides is 1. The molecule has 0 saturated heterocycles. The first-order chi connectivity index (χ1) is 12.6. The lowest BCUT2D eigenvalue weighted by atomic mass is 10.1. The van der Waals surface area contributed by atoms with Gasteiger partial charge in [0.1, 0.15) is 5.75 Å². The Morgan fingerprint density at radius 2 is 1.65 bits per heavy atom. The molecule has 1 N–H and O–H groups in total. The Labute approximate surface area is 153 Å². The van der Waals surface area contributed by atoms with Crippen LogP contribution in [0.2, 0.25) is 0 Å². The number of carbonyl (C=O) groups excluding carboxylic acids is 2. The first kappa shape index (κ1) is 19.5. The van der Waals surface area contributed by atoms with Crippen molar-refractivity contribution in [2.75, 3.05) is 25.6 Å². The number of methoxy groups -OCH3 is 1. The van der Waals surface area contributed by atoms with Crippen LogP contribution in [0.4, 0.5) is 5.69 Å². The third-order valence-corrected chi connectivity index (χ3v) is 3.58. The van der Waals surface area contributed by atoms with Gasteiger partial charge in [0.15, 0.2) is 0 Å². The molecule has 2 aromatic carbocycles. The molecule has 0 aromatic heterocycles. The van der Waals surface area contributed by atoms with Gasteiger partial charge in [0.05, 0.1) is 25.4 Å². The summed E-state index contributed by atoms with van der Waals surface area (Å²) in [5, 5.41) is 2.80. The SMILES string of the molecule is CCOC(=O)c1ccc(NC(=O)c2ccc(OCC)c(COC)c2)cc1. The molecule has 1 amide bonds. The van der Waals surface area contributed by atoms with E-state index >= 15 is 0 Å². The minimum Gasteiger partial charge on any atom is -0.494 e. The number of rotatable bonds is 8. The Balaban J connectivity index is 2.11. The summed E-state index contributed by atoms with van der Waals surface area (Å²) in [7, 11) is 1.59. The van der Waals surface area contributed by atoms with Gasteiger partial charge >= 0.3 is 5.97 Å². The zero-order valence-electron chi connectivity index (χ0n) is 15.2. The molecule has 0 radical (unpaired) electrons. The highest BCUT2D eigenvalue weighted by Gasteiger charge is 2.12. The summed E-state index contributed by atoms with van der Waals surface area (Å²) < 4.78 is 15.6. The Kier molecular flexibility index (Phi) is 7.17. The van der Waals surface area contributed by atoms with E-state index < -0.39 is 0 Å². The molecule has 2 aromatic rings. The maximum absolute atomic E-state index is 12.5. The van der Waals surface area contributed by atoms with Crippen LogP contribution in [0, 0.1) is 0 Å². The molecule has 0 saturated carbocycles. The Morgan fingerprint density at radius 3 is 2.27 bits per heavy atom. The van der Waals surface area contributed by atoms with Gasteiger partial charge in [0, 0.05) is 23.9 Å². The third-order valence-electron chi connectivity index (χ3n) is 3.58. The second kappa shape index (κ2) is 9.58. The molecule has 0 heterocycles. The van der Waals surface area contributed by atoms with E-state index in [-0.39, 0.29) is 11.9 Å². The number of nitrogens with one attached hydrogen (secondary N) is 1. The molecule has 2 rings (SSSR count). The summed E-state index contributed by atoms with van der Waals surface area (Å²) in [4.78, 5) is 24.1. The fraction of sp³-hybridized carbons (Fsp3) is 0.300. The quantitative estimate of drug-likeness (QED) is 0.730. The van der Waals surface area contributed by atoms with E-state index in [0.717, 1.165) is 5.56 Å². The van der Waals surface area contributed by atoms with Gasteiger partial charge in [-0.3, -0.25) is 4.79 Å². The van der Waals surface area contributed by atoms with Crippen LogP contribution >= 0.6 is 0 Å². The molecule has 0 aliphatic heterocycles. The van der Waals surface area contributed by atoms with Gasteiger partial charge in [-0.05, 0) is 56.3 Å². The van der Waals surface area contributed by atoms with Crippen molar-refractivity contribution >= 4 is 17.6 Å². The van der Waals surface area contributed by atoms with Gasteiger partial charge in [0.25, 0.3) is 5.91 Å². The van der Waals surface area contributed by atoms with Crippen LogP contribution in [0.5, 0.6) is 5.75 Å². The number of carbonyl (C=O) groups is 2. The van der Waals surface area contributed by atoms with Crippen molar-refractivity contribution in [3.8, 4) is 5.75 Å². The summed E-state index contributed by atoms with van der Waals surface area (Å²) in [5.41, 5.74) is 2.33. The van der Waals surface area contributed by atoms with Gasteiger partial charge in [-0.25, -0.2) is 4.79 Å². The molecular weight excluding hydrogens is 334 g/mol. The first-order valence-corrected chi connectivity index (χ1v) is 8.42. The van der Waals surface area contributed by atoms with Gasteiger partial charge in [0.2, 0.25) is 0 Å². The highest BCUT2D eigenvalue weighted by Crippen LogP contribution is 2.22. The fourth-order valence-electron chi connectivity index (χ4n) is 2.39. The van der Waals surface area contributed by atoms with Crippen LogP contribution in [0.1, 0.15) is 40.1 Å². The second-order valence-corrected chi connectivity index (χ2v) is 5.44. The topological polar surface area (TPSA) is 73.9 Å². The Bertz CT molecular complexity index is 755. The van der Waals surface area contributed by atoms with Crippen LogP contribution in [0.3, 0.4) is 0 Å². The van der Waals surface area contributed by atoms with Crippen LogP contribution in [0.25, 0.3) is 0 Å². The lowest BCUT2D eigenvalue weighted by Crippen LogP contribution is -2.13. The molecule has 0 aliphatic carbocycles. The van der Waals surface area contributed by atoms with Gasteiger partial charge in [-0.2, -0.15) is 0 Å². The number of hydrogen-bond acceptors (Lipinski definition) is 5. The highest BCUT2D eigenvalue weighted by molar-refractivity contribution is 6.04. The summed E-state index contributed by atoms with van der Waals surface area (Å²) in [6, 6.07) is 11.8. The average molecular weight is 357 g/mol. The molecule has 6 nitrogen and oxygen atoms in total. The van der Waals surface area contributed by atoms with E-state index in [1.165, 1.54) is 0 Å². The molecule has 0 fully saturated rings. The van der Waals surface area contributed by atoms with E-state index in [1.807, 2.05) is 6.92 Å². The average Bonchev–Trinajstić information content (AvgIpc) is 2.64. The molecule has 6 heteroatoms. The predicted octanol–water partition coefficient (Wildman–Crippen LogP) is 3.66. The number of benzene rings is 2. The van der Waals surface area contributed by atoms with Crippen molar-refractivity contribution in [3.05, 3.63) is 59.2 Å². The minimum absolute atomic E-state index is 0.255. The van der Waals surface area contributed by atoms with Crippen molar-refractivity contribution < 1.29 is 23.8 Å². The molecule has 26 heavy (non-hydrogen) atoms. The molecule has 0 aliphatic rings. The van der Waals surface area contributed by atoms with Crippen LogP contribution in [0.15, 0.2) is 42.5 Å². The van der Waals surface area contributed by atoms with Crippen molar-refractivity contribution in [2.24, 2.45) is 0 Å². The van der Waals surface area contributed by atoms with Crippen molar-refractivity contribution in [1.82, 2.24) is 0 Å². The third kappa shape index (κ3) is 5.07. The molecule has 138 valence electrons. The standard InChI is InChI=1S/C20H23NO5/c1-4-25-18-11-8-15(12-16(18)13-24-3)19(22)21-17-9-6-14(7-10-17)20(23)26-5-2/h6-12H,4-5,13H2,1-3H3,(H,21,22). The number of ether oxygens (including phenoxy) is 3. The van der Waals surface area contributed by atoms with Gasteiger partial charge in [-0.15, -0.1) is 0 Å². The van der Waals surface area contributed by atoms with Gasteiger partial charge < -0.3 is 19.5 Å². The normalized spacial score (nSPS) is 10.3. The number of anilines is 1. The van der Waals surface area contributed by atoms with E-state index in [9.17, 15) is 9.59 Å². The first-order valence-electron chi connectivity index (χ1n) is 8.42. The van der Waals surface area contributed by atoms with Crippen LogP contribution in [-0.2, 0) is 16.1 Å². The molecule has 0 spiro atoms. The lowest BCUT2D eigenvalue weighted by molar-refractivity contribution is 0.0526. The van der Waals surface area contributed by atoms with Crippen molar-refractivity contribution in [1.29, 1.82) is 0 Å². The van der Waals surface area contributed by atoms with E-state index in [2.05, 4.69) is 5.32 Å². The summed E-state index contributed by atoms with van der Waals surface area (Å²) in [6.07, 6.45) is 0. The van der Waals surface area contributed by atoms with E-state index in [0.29, 0.717) is 42.4 Å². The minimum atomic E-state index is -0.388. The van der Waals surface area contributed by atoms with E-state index in [1.54, 1.807) is 56.5 Å². The molecule has 0 unspecified atom stereocenters. The van der Waals surface area contributed by atoms with E-state index in [4.69, 9.17) is 14.2 Å². The Morgan fingerprint density at radius 1 is 0.962 bits per heavy atom. The maximum Gasteiger partial charge on any atom is 0.338 e. The van der Waals surface area contributed by atoms with Crippen molar-refractivity contribution in [2.45, 2.75) is 20.5 Å².